The summed E-state index contributed by atoms with van der Waals surface area (Å²) in [6, 6.07) is 4.42. The molecule has 146 valence electrons. The van der Waals surface area contributed by atoms with Crippen molar-refractivity contribution in [3.05, 3.63) is 33.4 Å². The standard InChI is InChI=1S/C16H18BrIN4O5/c17-3-6-21(7-4-18)13-9-12(14(22(26)27)8-11(13)10-19)16(25)20-5-1-2-15(23)24/h8-9H,1-7H2,(H,20,25)(H,23,24). The second-order valence-corrected chi connectivity index (χ2v) is 7.25. The molecule has 0 heterocycles. The second-order valence-electron chi connectivity index (χ2n) is 5.37. The highest BCUT2D eigenvalue weighted by Gasteiger charge is 2.25. The van der Waals surface area contributed by atoms with Gasteiger partial charge < -0.3 is 15.3 Å². The summed E-state index contributed by atoms with van der Waals surface area (Å²) in [6.45, 7) is 1.25. The molecule has 0 atom stereocenters. The first-order valence-corrected chi connectivity index (χ1v) is 10.6. The molecule has 0 fully saturated rings. The summed E-state index contributed by atoms with van der Waals surface area (Å²) < 4.78 is 0.767. The summed E-state index contributed by atoms with van der Waals surface area (Å²) in [5, 5.41) is 32.5. The van der Waals surface area contributed by atoms with Crippen LogP contribution in [-0.4, -0.2) is 51.3 Å². The van der Waals surface area contributed by atoms with Crippen LogP contribution in [-0.2, 0) is 4.79 Å². The van der Waals surface area contributed by atoms with E-state index in [1.54, 1.807) is 0 Å². The summed E-state index contributed by atoms with van der Waals surface area (Å²) in [4.78, 5) is 35.5. The summed E-state index contributed by atoms with van der Waals surface area (Å²) in [7, 11) is 0. The molecule has 0 saturated heterocycles. The van der Waals surface area contributed by atoms with E-state index in [1.807, 2.05) is 11.0 Å². The summed E-state index contributed by atoms with van der Waals surface area (Å²) >= 11 is 5.52. The van der Waals surface area contributed by atoms with E-state index in [9.17, 15) is 25.0 Å². The SMILES string of the molecule is N#Cc1cc([N+](=O)[O-])c(C(=O)NCCCC(=O)O)cc1N(CCBr)CCI. The zero-order valence-corrected chi connectivity index (χ0v) is 18.0. The van der Waals surface area contributed by atoms with Gasteiger partial charge in [-0.3, -0.25) is 19.7 Å². The number of rotatable bonds is 11. The minimum atomic E-state index is -0.986. The number of halogens is 2. The van der Waals surface area contributed by atoms with E-state index in [-0.39, 0.29) is 30.5 Å². The first kappa shape index (κ1) is 23.1. The van der Waals surface area contributed by atoms with Crippen molar-refractivity contribution < 1.29 is 19.6 Å². The number of amides is 1. The van der Waals surface area contributed by atoms with Crippen LogP contribution in [0.15, 0.2) is 12.1 Å². The van der Waals surface area contributed by atoms with E-state index in [1.165, 1.54) is 6.07 Å². The van der Waals surface area contributed by atoms with Gasteiger partial charge in [0.2, 0.25) is 0 Å². The highest BCUT2D eigenvalue weighted by molar-refractivity contribution is 14.1. The van der Waals surface area contributed by atoms with Crippen molar-refractivity contribution >= 4 is 61.8 Å². The van der Waals surface area contributed by atoms with Gasteiger partial charge in [-0.05, 0) is 12.5 Å². The number of carboxylic acids is 1. The van der Waals surface area contributed by atoms with E-state index < -0.39 is 22.5 Å². The number of aliphatic carboxylic acids is 1. The molecule has 0 bridgehead atoms. The van der Waals surface area contributed by atoms with E-state index in [0.717, 1.165) is 10.5 Å². The number of alkyl halides is 2. The average molecular weight is 553 g/mol. The average Bonchev–Trinajstić information content (AvgIpc) is 2.63. The van der Waals surface area contributed by atoms with E-state index in [2.05, 4.69) is 43.8 Å². The maximum Gasteiger partial charge on any atom is 0.303 e. The molecule has 0 aliphatic carbocycles. The Hall–Kier alpha value is -1.94. The number of carboxylic acid groups (broad SMARTS) is 1. The molecule has 1 rings (SSSR count). The lowest BCUT2D eigenvalue weighted by atomic mass is 10.0. The molecule has 27 heavy (non-hydrogen) atoms. The number of nitrogens with one attached hydrogen (secondary N) is 1. The fourth-order valence-corrected chi connectivity index (χ4v) is 3.36. The first-order chi connectivity index (χ1) is 12.8. The monoisotopic (exact) mass is 552 g/mol. The fourth-order valence-electron chi connectivity index (χ4n) is 2.35. The zero-order valence-electron chi connectivity index (χ0n) is 14.3. The maximum absolute atomic E-state index is 12.4. The Bertz CT molecular complexity index is 747. The van der Waals surface area contributed by atoms with Crippen LogP contribution in [0.25, 0.3) is 0 Å². The molecule has 0 radical (unpaired) electrons. The summed E-state index contributed by atoms with van der Waals surface area (Å²) in [5.41, 5.74) is -0.0403. The van der Waals surface area contributed by atoms with E-state index in [4.69, 9.17) is 5.11 Å². The Balaban J connectivity index is 3.25. The summed E-state index contributed by atoms with van der Waals surface area (Å²) in [6.07, 6.45) is 0.0955. The lowest BCUT2D eigenvalue weighted by Gasteiger charge is -2.24. The van der Waals surface area contributed by atoms with Gasteiger partial charge in [-0.2, -0.15) is 5.26 Å². The highest BCUT2D eigenvalue weighted by Crippen LogP contribution is 2.29. The Morgan fingerprint density at radius 3 is 2.63 bits per heavy atom. The maximum atomic E-state index is 12.4. The number of nitriles is 1. The number of carbonyl (C=O) groups is 2. The third-order valence-corrected chi connectivity index (χ3v) is 4.42. The largest absolute Gasteiger partial charge is 0.481 e. The smallest absolute Gasteiger partial charge is 0.303 e. The number of carbonyl (C=O) groups excluding carboxylic acids is 1. The molecule has 1 aromatic rings. The van der Waals surface area contributed by atoms with E-state index in [0.29, 0.717) is 24.1 Å². The zero-order chi connectivity index (χ0) is 20.4. The molecule has 0 aromatic heterocycles. The molecule has 0 aliphatic heterocycles. The van der Waals surface area contributed by atoms with Crippen molar-refractivity contribution in [2.75, 3.05) is 34.3 Å². The van der Waals surface area contributed by atoms with Crippen molar-refractivity contribution in [1.82, 2.24) is 5.32 Å². The van der Waals surface area contributed by atoms with Gasteiger partial charge in [0.05, 0.1) is 16.2 Å². The topological polar surface area (TPSA) is 137 Å². The molecule has 0 aliphatic rings. The van der Waals surface area contributed by atoms with Crippen LogP contribution >= 0.6 is 38.5 Å². The van der Waals surface area contributed by atoms with Crippen molar-refractivity contribution in [3.8, 4) is 6.07 Å². The molecule has 0 spiro atoms. The molecular formula is C16H18BrIN4O5. The minimum Gasteiger partial charge on any atom is -0.481 e. The van der Waals surface area contributed by atoms with Crippen molar-refractivity contribution in [2.45, 2.75) is 12.8 Å². The Morgan fingerprint density at radius 2 is 2.11 bits per heavy atom. The molecule has 1 aromatic carbocycles. The number of hydrogen-bond acceptors (Lipinski definition) is 6. The second kappa shape index (κ2) is 11.7. The third-order valence-electron chi connectivity index (χ3n) is 3.58. The Labute approximate surface area is 178 Å². The molecule has 9 nitrogen and oxygen atoms in total. The molecule has 0 saturated carbocycles. The normalized spacial score (nSPS) is 10.1. The van der Waals surface area contributed by atoms with Gasteiger partial charge in [0, 0.05) is 41.9 Å². The fraction of sp³-hybridized carbons (Fsp3) is 0.438. The van der Waals surface area contributed by atoms with E-state index >= 15 is 0 Å². The quantitative estimate of drug-likeness (QED) is 0.141. The number of nitro groups is 1. The van der Waals surface area contributed by atoms with Crippen molar-refractivity contribution in [1.29, 1.82) is 5.26 Å². The Morgan fingerprint density at radius 1 is 1.41 bits per heavy atom. The van der Waals surface area contributed by atoms with Gasteiger partial charge in [0.15, 0.2) is 0 Å². The highest BCUT2D eigenvalue weighted by atomic mass is 127. The molecule has 2 N–H and O–H groups in total. The van der Waals surface area contributed by atoms with Crippen LogP contribution in [0.2, 0.25) is 0 Å². The van der Waals surface area contributed by atoms with Crippen LogP contribution in [0.1, 0.15) is 28.8 Å². The van der Waals surface area contributed by atoms with Crippen LogP contribution in [0, 0.1) is 21.4 Å². The molecular weight excluding hydrogens is 535 g/mol. The number of nitrogens with zero attached hydrogens (tertiary/aromatic N) is 3. The number of anilines is 1. The van der Waals surface area contributed by atoms with Crippen molar-refractivity contribution in [3.63, 3.8) is 0 Å². The minimum absolute atomic E-state index is 0.0798. The molecule has 1 amide bonds. The molecule has 11 heteroatoms. The third kappa shape index (κ3) is 6.94. The number of nitro benzene ring substituents is 1. The van der Waals surface area contributed by atoms with Gasteiger partial charge >= 0.3 is 5.97 Å². The van der Waals surface area contributed by atoms with Crippen LogP contribution in [0.3, 0.4) is 0 Å². The summed E-state index contributed by atoms with van der Waals surface area (Å²) in [5.74, 6) is -1.66. The van der Waals surface area contributed by atoms with Crippen molar-refractivity contribution in [2.24, 2.45) is 0 Å². The first-order valence-electron chi connectivity index (χ1n) is 7.95. The van der Waals surface area contributed by atoms with Gasteiger partial charge in [-0.25, -0.2) is 0 Å². The number of benzene rings is 1. The predicted molar refractivity (Wildman–Crippen MR) is 112 cm³/mol. The van der Waals surface area contributed by atoms with Gasteiger partial charge in [-0.1, -0.05) is 38.5 Å². The van der Waals surface area contributed by atoms with Crippen LogP contribution in [0.4, 0.5) is 11.4 Å². The Kier molecular flexibility index (Phi) is 10.0. The van der Waals surface area contributed by atoms with Gasteiger partial charge in [0.1, 0.15) is 11.6 Å². The van der Waals surface area contributed by atoms with Crippen LogP contribution in [0.5, 0.6) is 0 Å². The van der Waals surface area contributed by atoms with Crippen LogP contribution < -0.4 is 10.2 Å². The predicted octanol–water partition coefficient (Wildman–Crippen LogP) is 2.70. The van der Waals surface area contributed by atoms with Gasteiger partial charge in [0.25, 0.3) is 11.6 Å². The molecule has 0 unspecified atom stereocenters. The van der Waals surface area contributed by atoms with Gasteiger partial charge in [-0.15, -0.1) is 0 Å². The lowest BCUT2D eigenvalue weighted by molar-refractivity contribution is -0.385. The number of hydrogen-bond donors (Lipinski definition) is 2. The lowest BCUT2D eigenvalue weighted by Crippen LogP contribution is -2.30.